The maximum absolute atomic E-state index is 15.3. The number of aromatic nitrogens is 2. The van der Waals surface area contributed by atoms with E-state index < -0.39 is 51.9 Å². The Morgan fingerprint density at radius 1 is 1.02 bits per heavy atom. The fraction of sp³-hybridized carbons (Fsp3) is 0.300. The van der Waals surface area contributed by atoms with Crippen molar-refractivity contribution >= 4 is 72.7 Å². The minimum absolute atomic E-state index is 0.0159. The van der Waals surface area contributed by atoms with E-state index in [9.17, 15) is 37.5 Å². The summed E-state index contributed by atoms with van der Waals surface area (Å²) < 4.78 is 44.8. The molecule has 1 atom stereocenters. The van der Waals surface area contributed by atoms with Gasteiger partial charge in [-0.05, 0) is 54.3 Å². The molecule has 0 aliphatic carbocycles. The SMILES string of the molecule is Cn1c(=O)n(C2CCC(=O)NC2=O)c2ccc(NC3CN(CC(=O)Nc4ccc5c(F)c(N6CC(=O)NS6(=O)=O)c(O)cc5c4)C3)cc21. The van der Waals surface area contributed by atoms with E-state index in [1.54, 1.807) is 17.8 Å². The molecule has 3 aromatic carbocycles. The number of carbonyl (C=O) groups is 4. The lowest BCUT2D eigenvalue weighted by molar-refractivity contribution is -0.135. The molecule has 3 saturated heterocycles. The van der Waals surface area contributed by atoms with Crippen molar-refractivity contribution in [1.29, 1.82) is 0 Å². The molecule has 3 aliphatic heterocycles. The topological polar surface area (TPSA) is 204 Å². The lowest BCUT2D eigenvalue weighted by Gasteiger charge is -2.39. The van der Waals surface area contributed by atoms with E-state index in [1.807, 2.05) is 17.0 Å². The first-order valence-corrected chi connectivity index (χ1v) is 16.3. The number of aryl methyl sites for hydroxylation is 1. The highest BCUT2D eigenvalue weighted by atomic mass is 32.2. The highest BCUT2D eigenvalue weighted by Gasteiger charge is 2.38. The van der Waals surface area contributed by atoms with E-state index in [4.69, 9.17) is 0 Å². The molecule has 4 amide bonds. The summed E-state index contributed by atoms with van der Waals surface area (Å²) in [5, 5.41) is 19.1. The average molecular weight is 681 g/mol. The van der Waals surface area contributed by atoms with Gasteiger partial charge in [0.05, 0.1) is 23.6 Å². The molecular formula is C30H29FN8O8S. The summed E-state index contributed by atoms with van der Waals surface area (Å²) in [4.78, 5) is 63.3. The molecule has 48 heavy (non-hydrogen) atoms. The number of halogens is 1. The Labute approximate surface area is 271 Å². The normalized spacial score (nSPS) is 19.8. The molecule has 5 N–H and O–H groups in total. The monoisotopic (exact) mass is 680 g/mol. The van der Waals surface area contributed by atoms with E-state index in [0.717, 1.165) is 11.8 Å². The van der Waals surface area contributed by atoms with E-state index in [-0.39, 0.29) is 53.7 Å². The number of rotatable bonds is 7. The smallest absolute Gasteiger partial charge is 0.329 e. The number of nitrogens with one attached hydrogen (secondary N) is 4. The minimum atomic E-state index is -4.34. The number of anilines is 3. The molecule has 16 nitrogen and oxygen atoms in total. The fourth-order valence-electron chi connectivity index (χ4n) is 6.41. The lowest BCUT2D eigenvalue weighted by atomic mass is 10.1. The molecule has 0 spiro atoms. The number of phenols is 1. The predicted octanol–water partition coefficient (Wildman–Crippen LogP) is 0.231. The number of carbonyl (C=O) groups excluding carboxylic acids is 4. The van der Waals surface area contributed by atoms with Gasteiger partial charge >= 0.3 is 15.9 Å². The van der Waals surface area contributed by atoms with Gasteiger partial charge in [-0.2, -0.15) is 8.42 Å². The van der Waals surface area contributed by atoms with Crippen LogP contribution in [0.25, 0.3) is 21.8 Å². The van der Waals surface area contributed by atoms with Gasteiger partial charge in [0.2, 0.25) is 17.7 Å². The van der Waals surface area contributed by atoms with Crippen molar-refractivity contribution in [3.05, 3.63) is 58.8 Å². The van der Waals surface area contributed by atoms with Crippen LogP contribution in [0.15, 0.2) is 47.3 Å². The summed E-state index contributed by atoms with van der Waals surface area (Å²) >= 11 is 0. The Bertz CT molecular complexity index is 2240. The van der Waals surface area contributed by atoms with Gasteiger partial charge in [-0.15, -0.1) is 0 Å². The van der Waals surface area contributed by atoms with Crippen LogP contribution < -0.4 is 30.7 Å². The maximum Gasteiger partial charge on any atom is 0.329 e. The molecule has 1 unspecified atom stereocenters. The van der Waals surface area contributed by atoms with Crippen LogP contribution >= 0.6 is 0 Å². The number of aromatic hydroxyl groups is 1. The molecule has 0 radical (unpaired) electrons. The molecule has 4 heterocycles. The molecule has 1 aromatic heterocycles. The molecule has 0 bridgehead atoms. The predicted molar refractivity (Wildman–Crippen MR) is 171 cm³/mol. The van der Waals surface area contributed by atoms with E-state index in [0.29, 0.717) is 34.1 Å². The number of amides is 4. The quantitative estimate of drug-likeness (QED) is 0.168. The summed E-state index contributed by atoms with van der Waals surface area (Å²) in [6.45, 7) is 0.511. The van der Waals surface area contributed by atoms with Crippen molar-refractivity contribution in [3.63, 3.8) is 0 Å². The van der Waals surface area contributed by atoms with Crippen molar-refractivity contribution in [2.75, 3.05) is 41.1 Å². The Kier molecular flexibility index (Phi) is 7.35. The Balaban J connectivity index is 0.971. The van der Waals surface area contributed by atoms with Gasteiger partial charge in [-0.1, -0.05) is 0 Å². The Hall–Kier alpha value is -5.49. The first-order chi connectivity index (χ1) is 22.8. The highest BCUT2D eigenvalue weighted by Crippen LogP contribution is 2.39. The number of hydrogen-bond acceptors (Lipinski definition) is 10. The van der Waals surface area contributed by atoms with Gasteiger partial charge in [0.25, 0.3) is 5.91 Å². The summed E-state index contributed by atoms with van der Waals surface area (Å²) in [5.74, 6) is -3.76. The minimum Gasteiger partial charge on any atom is -0.506 e. The fourth-order valence-corrected chi connectivity index (χ4v) is 7.57. The van der Waals surface area contributed by atoms with Crippen molar-refractivity contribution in [3.8, 4) is 5.75 Å². The van der Waals surface area contributed by atoms with Crippen LogP contribution in [0, 0.1) is 5.82 Å². The first kappa shape index (κ1) is 31.1. The standard InChI is InChI=1S/C30H29FN8O8S/c1-36-22-10-17(3-5-20(22)39(30(36)45)21-6-7-24(41)34-29(21)44)32-18-11-37(12-18)13-25(42)33-16-2-4-19-15(8-16)9-23(40)28(27(19)31)38-14-26(43)35-48(38,46)47/h2-5,8-10,18,21,32,40H,6-7,11-14H2,1H3,(H,33,42)(H,35,43)(H,34,41,44). The van der Waals surface area contributed by atoms with Crippen molar-refractivity contribution in [2.45, 2.75) is 24.9 Å². The Morgan fingerprint density at radius 2 is 1.77 bits per heavy atom. The Morgan fingerprint density at radius 3 is 2.48 bits per heavy atom. The lowest BCUT2D eigenvalue weighted by Crippen LogP contribution is -2.56. The van der Waals surface area contributed by atoms with Crippen molar-refractivity contribution in [1.82, 2.24) is 24.1 Å². The van der Waals surface area contributed by atoms with Crippen LogP contribution in [0.4, 0.5) is 21.5 Å². The second-order valence-electron chi connectivity index (χ2n) is 12.0. The first-order valence-electron chi connectivity index (χ1n) is 14.9. The number of nitrogens with zero attached hydrogens (tertiary/aromatic N) is 4. The molecular weight excluding hydrogens is 651 g/mol. The van der Waals surface area contributed by atoms with Gasteiger partial charge in [0.15, 0.2) is 5.82 Å². The zero-order valence-corrected chi connectivity index (χ0v) is 26.1. The number of benzene rings is 3. The van der Waals surface area contributed by atoms with Crippen LogP contribution in [0.3, 0.4) is 0 Å². The maximum atomic E-state index is 15.3. The molecule has 250 valence electrons. The summed E-state index contributed by atoms with van der Waals surface area (Å²) in [7, 11) is -2.72. The van der Waals surface area contributed by atoms with E-state index >= 15 is 4.39 Å². The van der Waals surface area contributed by atoms with Crippen LogP contribution in [0.2, 0.25) is 0 Å². The molecule has 0 saturated carbocycles. The number of likely N-dealkylation sites (tertiary alicyclic amines) is 1. The van der Waals surface area contributed by atoms with Crippen LogP contribution in [0.1, 0.15) is 18.9 Å². The van der Waals surface area contributed by atoms with Gasteiger partial charge in [-0.25, -0.2) is 18.2 Å². The van der Waals surface area contributed by atoms with E-state index in [1.165, 1.54) is 27.3 Å². The highest BCUT2D eigenvalue weighted by molar-refractivity contribution is 7.92. The van der Waals surface area contributed by atoms with Gasteiger partial charge < -0.3 is 15.7 Å². The third kappa shape index (κ3) is 5.37. The zero-order valence-electron chi connectivity index (χ0n) is 25.3. The second kappa shape index (κ2) is 11.3. The van der Waals surface area contributed by atoms with Crippen LogP contribution in [-0.2, 0) is 36.4 Å². The van der Waals surface area contributed by atoms with Crippen LogP contribution in [-0.4, -0.2) is 83.4 Å². The number of fused-ring (bicyclic) bond motifs is 2. The van der Waals surface area contributed by atoms with Crippen molar-refractivity contribution in [2.24, 2.45) is 7.05 Å². The van der Waals surface area contributed by atoms with Crippen LogP contribution in [0.5, 0.6) is 5.75 Å². The molecule has 3 fully saturated rings. The molecule has 7 rings (SSSR count). The number of phenolic OH excluding ortho intramolecular Hbond substituents is 1. The number of piperidine rings is 1. The van der Waals surface area contributed by atoms with Crippen molar-refractivity contribution < 1.29 is 37.1 Å². The summed E-state index contributed by atoms with van der Waals surface area (Å²) in [6, 6.07) is 10.0. The second-order valence-corrected chi connectivity index (χ2v) is 13.6. The third-order valence-electron chi connectivity index (χ3n) is 8.69. The molecule has 4 aromatic rings. The van der Waals surface area contributed by atoms with E-state index in [2.05, 4.69) is 16.0 Å². The van der Waals surface area contributed by atoms with Gasteiger partial charge in [-0.3, -0.25) is 38.5 Å². The largest absolute Gasteiger partial charge is 0.506 e. The third-order valence-corrected chi connectivity index (χ3v) is 10.1. The van der Waals surface area contributed by atoms with Gasteiger partial charge in [0, 0.05) is 43.3 Å². The van der Waals surface area contributed by atoms with Gasteiger partial charge in [0.1, 0.15) is 24.0 Å². The number of imide groups is 1. The zero-order chi connectivity index (χ0) is 34.1. The number of imidazole rings is 1. The average Bonchev–Trinajstić information content (AvgIpc) is 3.41. The molecule has 3 aliphatic rings. The summed E-state index contributed by atoms with van der Waals surface area (Å²) in [5.41, 5.74) is 1.29. The molecule has 18 heteroatoms. The summed E-state index contributed by atoms with van der Waals surface area (Å²) in [6.07, 6.45) is 0.398. The number of hydrogen-bond donors (Lipinski definition) is 5.